The van der Waals surface area contributed by atoms with E-state index in [0.717, 1.165) is 19.3 Å². The summed E-state index contributed by atoms with van der Waals surface area (Å²) in [6.07, 6.45) is 2.50. The van der Waals surface area contributed by atoms with Gasteiger partial charge in [0.1, 0.15) is 0 Å². The van der Waals surface area contributed by atoms with Crippen molar-refractivity contribution >= 4 is 11.9 Å². The molecular weight excluding hydrogens is 230 g/mol. The van der Waals surface area contributed by atoms with Crippen molar-refractivity contribution in [2.24, 2.45) is 11.8 Å². The fourth-order valence-electron chi connectivity index (χ4n) is 1.44. The van der Waals surface area contributed by atoms with Gasteiger partial charge in [0, 0.05) is 6.54 Å². The van der Waals surface area contributed by atoms with Crippen molar-refractivity contribution in [3.05, 3.63) is 0 Å². The molecule has 0 saturated carbocycles. The Hall–Kier alpha value is -1.06. The molecule has 0 radical (unpaired) electrons. The van der Waals surface area contributed by atoms with Crippen LogP contribution in [0.4, 0.5) is 0 Å². The van der Waals surface area contributed by atoms with E-state index in [1.807, 2.05) is 13.8 Å². The van der Waals surface area contributed by atoms with Gasteiger partial charge >= 0.3 is 5.97 Å². The Morgan fingerprint density at radius 3 is 2.17 bits per heavy atom. The van der Waals surface area contributed by atoms with Crippen LogP contribution in [-0.2, 0) is 14.3 Å². The summed E-state index contributed by atoms with van der Waals surface area (Å²) in [5, 5.41) is 2.83. The molecule has 0 fully saturated rings. The van der Waals surface area contributed by atoms with Crippen LogP contribution in [0.25, 0.3) is 0 Å². The normalized spacial score (nSPS) is 12.6. The number of carbonyl (C=O) groups is 2. The van der Waals surface area contributed by atoms with Crippen LogP contribution in [0.15, 0.2) is 0 Å². The second-order valence-electron chi connectivity index (χ2n) is 5.25. The van der Waals surface area contributed by atoms with Gasteiger partial charge in [-0.15, -0.1) is 0 Å². The highest BCUT2D eigenvalue weighted by atomic mass is 16.5. The number of nitrogens with one attached hydrogen (secondary N) is 1. The number of hydrogen-bond acceptors (Lipinski definition) is 3. The van der Waals surface area contributed by atoms with Crippen molar-refractivity contribution < 1.29 is 14.3 Å². The van der Waals surface area contributed by atoms with Crippen molar-refractivity contribution in [1.29, 1.82) is 0 Å². The zero-order chi connectivity index (χ0) is 14.1. The molecule has 0 saturated heterocycles. The fourth-order valence-corrected chi connectivity index (χ4v) is 1.44. The van der Waals surface area contributed by atoms with E-state index in [2.05, 4.69) is 12.2 Å². The Labute approximate surface area is 110 Å². The van der Waals surface area contributed by atoms with Gasteiger partial charge in [0.2, 0.25) is 0 Å². The Morgan fingerprint density at radius 2 is 1.72 bits per heavy atom. The third kappa shape index (κ3) is 6.62. The van der Waals surface area contributed by atoms with Gasteiger partial charge in [-0.2, -0.15) is 0 Å². The first-order valence-electron chi connectivity index (χ1n) is 6.88. The van der Waals surface area contributed by atoms with E-state index in [4.69, 9.17) is 4.74 Å². The van der Waals surface area contributed by atoms with Crippen molar-refractivity contribution in [3.8, 4) is 0 Å². The summed E-state index contributed by atoms with van der Waals surface area (Å²) < 4.78 is 5.24. The highest BCUT2D eigenvalue weighted by Crippen LogP contribution is 2.10. The topological polar surface area (TPSA) is 55.4 Å². The van der Waals surface area contributed by atoms with E-state index in [1.165, 1.54) is 0 Å². The van der Waals surface area contributed by atoms with Gasteiger partial charge in [0.05, 0.1) is 5.92 Å². The molecule has 1 atom stereocenters. The second kappa shape index (κ2) is 8.95. The summed E-state index contributed by atoms with van der Waals surface area (Å²) in [6, 6.07) is 0. The van der Waals surface area contributed by atoms with E-state index < -0.39 is 6.10 Å². The highest BCUT2D eigenvalue weighted by Gasteiger charge is 2.26. The summed E-state index contributed by atoms with van der Waals surface area (Å²) in [6.45, 7) is 10.0. The van der Waals surface area contributed by atoms with E-state index in [-0.39, 0.29) is 23.7 Å². The van der Waals surface area contributed by atoms with E-state index >= 15 is 0 Å². The Morgan fingerprint density at radius 1 is 1.11 bits per heavy atom. The first-order valence-corrected chi connectivity index (χ1v) is 6.88. The molecule has 1 unspecified atom stereocenters. The standard InChI is InChI=1S/C14H27NO3/c1-6-7-8-9-15-13(16)12(10(2)3)18-14(17)11(4)5/h10-12H,6-9H2,1-5H3,(H,15,16). The van der Waals surface area contributed by atoms with Gasteiger partial charge in [-0.05, 0) is 12.3 Å². The second-order valence-corrected chi connectivity index (χ2v) is 5.25. The minimum absolute atomic E-state index is 0.0149. The van der Waals surface area contributed by atoms with Crippen LogP contribution in [-0.4, -0.2) is 24.5 Å². The van der Waals surface area contributed by atoms with Gasteiger partial charge in [0.25, 0.3) is 5.91 Å². The average Bonchev–Trinajstić information content (AvgIpc) is 2.30. The third-order valence-corrected chi connectivity index (χ3v) is 2.66. The maximum absolute atomic E-state index is 11.9. The lowest BCUT2D eigenvalue weighted by Gasteiger charge is -2.21. The number of ether oxygens (including phenoxy) is 1. The summed E-state index contributed by atoms with van der Waals surface area (Å²) in [5.74, 6) is -0.731. The molecule has 0 aromatic heterocycles. The van der Waals surface area contributed by atoms with Crippen LogP contribution >= 0.6 is 0 Å². The van der Waals surface area contributed by atoms with Crippen LogP contribution in [0.1, 0.15) is 53.9 Å². The van der Waals surface area contributed by atoms with Crippen LogP contribution in [0.3, 0.4) is 0 Å². The molecule has 4 heteroatoms. The Balaban J connectivity index is 4.24. The van der Waals surface area contributed by atoms with Gasteiger partial charge in [-0.3, -0.25) is 9.59 Å². The first-order chi connectivity index (χ1) is 8.40. The van der Waals surface area contributed by atoms with Crippen LogP contribution in [0.2, 0.25) is 0 Å². The quantitative estimate of drug-likeness (QED) is 0.537. The molecule has 0 spiro atoms. The zero-order valence-electron chi connectivity index (χ0n) is 12.3. The van der Waals surface area contributed by atoms with E-state index in [1.54, 1.807) is 13.8 Å². The summed E-state index contributed by atoms with van der Waals surface area (Å²) in [7, 11) is 0. The fraction of sp³-hybridized carbons (Fsp3) is 0.857. The molecule has 0 aromatic rings. The van der Waals surface area contributed by atoms with Crippen molar-refractivity contribution in [2.45, 2.75) is 60.0 Å². The molecule has 0 aliphatic heterocycles. The molecule has 0 rings (SSSR count). The SMILES string of the molecule is CCCCCNC(=O)C(OC(=O)C(C)C)C(C)C. The van der Waals surface area contributed by atoms with Crippen molar-refractivity contribution in [3.63, 3.8) is 0 Å². The Bertz CT molecular complexity index is 262. The number of amides is 1. The average molecular weight is 257 g/mol. The van der Waals surface area contributed by atoms with Gasteiger partial charge < -0.3 is 10.1 Å². The molecule has 0 aromatic carbocycles. The summed E-state index contributed by atoms with van der Waals surface area (Å²) in [4.78, 5) is 23.5. The largest absolute Gasteiger partial charge is 0.452 e. The molecule has 0 heterocycles. The lowest BCUT2D eigenvalue weighted by Crippen LogP contribution is -2.42. The van der Waals surface area contributed by atoms with E-state index in [0.29, 0.717) is 6.54 Å². The molecule has 1 N–H and O–H groups in total. The minimum Gasteiger partial charge on any atom is -0.452 e. The monoisotopic (exact) mass is 257 g/mol. The third-order valence-electron chi connectivity index (χ3n) is 2.66. The molecular formula is C14H27NO3. The highest BCUT2D eigenvalue weighted by molar-refractivity contribution is 5.84. The molecule has 18 heavy (non-hydrogen) atoms. The summed E-state index contributed by atoms with van der Waals surface area (Å²) in [5.41, 5.74) is 0. The molecule has 0 aliphatic carbocycles. The number of rotatable bonds is 8. The minimum atomic E-state index is -0.679. The van der Waals surface area contributed by atoms with Gasteiger partial charge in [-0.25, -0.2) is 0 Å². The van der Waals surface area contributed by atoms with Crippen molar-refractivity contribution in [2.75, 3.05) is 6.54 Å². The number of carbonyl (C=O) groups excluding carboxylic acids is 2. The molecule has 4 nitrogen and oxygen atoms in total. The number of unbranched alkanes of at least 4 members (excludes halogenated alkanes) is 2. The lowest BCUT2D eigenvalue weighted by molar-refractivity contribution is -0.161. The number of esters is 1. The first kappa shape index (κ1) is 16.9. The van der Waals surface area contributed by atoms with Crippen molar-refractivity contribution in [1.82, 2.24) is 5.32 Å². The van der Waals surface area contributed by atoms with E-state index in [9.17, 15) is 9.59 Å². The van der Waals surface area contributed by atoms with Crippen LogP contribution in [0.5, 0.6) is 0 Å². The lowest BCUT2D eigenvalue weighted by atomic mass is 10.1. The molecule has 1 amide bonds. The molecule has 0 bridgehead atoms. The van der Waals surface area contributed by atoms with Gasteiger partial charge in [0.15, 0.2) is 6.10 Å². The maximum atomic E-state index is 11.9. The van der Waals surface area contributed by atoms with Crippen LogP contribution < -0.4 is 5.32 Å². The maximum Gasteiger partial charge on any atom is 0.309 e. The molecule has 106 valence electrons. The zero-order valence-corrected chi connectivity index (χ0v) is 12.3. The molecule has 0 aliphatic rings. The smallest absolute Gasteiger partial charge is 0.309 e. The summed E-state index contributed by atoms with van der Waals surface area (Å²) >= 11 is 0. The Kier molecular flexibility index (Phi) is 8.42. The predicted molar refractivity (Wildman–Crippen MR) is 72.1 cm³/mol. The van der Waals surface area contributed by atoms with Crippen LogP contribution in [0, 0.1) is 11.8 Å². The number of hydrogen-bond donors (Lipinski definition) is 1. The predicted octanol–water partition coefficient (Wildman–Crippen LogP) is 2.52. The van der Waals surface area contributed by atoms with Gasteiger partial charge in [-0.1, -0.05) is 47.5 Å².